The molecule has 1 aromatic heterocycles. The van der Waals surface area contributed by atoms with Crippen LogP contribution >= 0.6 is 0 Å². The molecule has 6 nitrogen and oxygen atoms in total. The van der Waals surface area contributed by atoms with Crippen LogP contribution in [0.2, 0.25) is 0 Å². The van der Waals surface area contributed by atoms with Crippen LogP contribution in [0, 0.1) is 5.82 Å². The summed E-state index contributed by atoms with van der Waals surface area (Å²) in [4.78, 5) is 34.9. The van der Waals surface area contributed by atoms with Crippen molar-refractivity contribution in [2.24, 2.45) is 0 Å². The van der Waals surface area contributed by atoms with Crippen molar-refractivity contribution in [1.82, 2.24) is 4.57 Å². The first-order valence-electron chi connectivity index (χ1n) is 8.02. The van der Waals surface area contributed by atoms with Gasteiger partial charge in [-0.25, -0.2) is 4.39 Å². The molecular formula is C20H15FN2O4. The largest absolute Gasteiger partial charge is 0.480 e. The summed E-state index contributed by atoms with van der Waals surface area (Å²) in [6, 6.07) is 15.3. The fourth-order valence-corrected chi connectivity index (χ4v) is 2.60. The Morgan fingerprint density at radius 2 is 1.81 bits per heavy atom. The molecule has 0 saturated carbocycles. The van der Waals surface area contributed by atoms with Gasteiger partial charge in [0.25, 0.3) is 11.5 Å². The van der Waals surface area contributed by atoms with Crippen LogP contribution in [0.1, 0.15) is 10.4 Å². The van der Waals surface area contributed by atoms with Crippen LogP contribution in [0.3, 0.4) is 0 Å². The van der Waals surface area contributed by atoms with Crippen molar-refractivity contribution >= 4 is 17.6 Å². The number of carboxylic acids is 1. The fourth-order valence-electron chi connectivity index (χ4n) is 2.60. The Morgan fingerprint density at radius 3 is 2.56 bits per heavy atom. The predicted molar refractivity (Wildman–Crippen MR) is 98.1 cm³/mol. The Hall–Kier alpha value is -3.74. The fraction of sp³-hybridized carbons (Fsp3) is 0.0500. The van der Waals surface area contributed by atoms with E-state index in [4.69, 9.17) is 5.11 Å². The van der Waals surface area contributed by atoms with Gasteiger partial charge in [0, 0.05) is 23.4 Å². The van der Waals surface area contributed by atoms with Gasteiger partial charge in [-0.05, 0) is 29.8 Å². The lowest BCUT2D eigenvalue weighted by atomic mass is 10.0. The van der Waals surface area contributed by atoms with Crippen LogP contribution in [0.25, 0.3) is 11.1 Å². The van der Waals surface area contributed by atoms with E-state index in [9.17, 15) is 18.8 Å². The predicted octanol–water partition coefficient (Wildman–Crippen LogP) is 2.99. The van der Waals surface area contributed by atoms with E-state index in [-0.39, 0.29) is 5.69 Å². The number of hydrogen-bond donors (Lipinski definition) is 2. The van der Waals surface area contributed by atoms with E-state index >= 15 is 0 Å². The summed E-state index contributed by atoms with van der Waals surface area (Å²) in [5, 5.41) is 11.4. The number of hydrogen-bond acceptors (Lipinski definition) is 3. The summed E-state index contributed by atoms with van der Waals surface area (Å²) in [5.74, 6) is -2.03. The zero-order chi connectivity index (χ0) is 19.4. The number of nitrogens with one attached hydrogen (secondary N) is 1. The van der Waals surface area contributed by atoms with Gasteiger partial charge in [0.05, 0.1) is 5.69 Å². The molecule has 0 unspecified atom stereocenters. The molecule has 0 fully saturated rings. The Morgan fingerprint density at radius 1 is 1.04 bits per heavy atom. The number of carbonyl (C=O) groups is 2. The number of pyridine rings is 1. The smallest absolute Gasteiger partial charge is 0.323 e. The third-order valence-electron chi connectivity index (χ3n) is 3.86. The lowest BCUT2D eigenvalue weighted by Gasteiger charge is -2.09. The first kappa shape index (κ1) is 18.1. The molecule has 0 saturated heterocycles. The normalized spacial score (nSPS) is 10.4. The minimum Gasteiger partial charge on any atom is -0.480 e. The average Bonchev–Trinajstić information content (AvgIpc) is 2.64. The highest BCUT2D eigenvalue weighted by molar-refractivity contribution is 6.04. The van der Waals surface area contributed by atoms with Gasteiger partial charge in [0.2, 0.25) is 0 Å². The summed E-state index contributed by atoms with van der Waals surface area (Å²) in [6.45, 7) is -0.509. The number of benzene rings is 2. The second-order valence-electron chi connectivity index (χ2n) is 5.79. The van der Waals surface area contributed by atoms with Gasteiger partial charge in [-0.15, -0.1) is 0 Å². The molecule has 3 rings (SSSR count). The van der Waals surface area contributed by atoms with Gasteiger partial charge in [-0.1, -0.05) is 30.3 Å². The van der Waals surface area contributed by atoms with Crippen LogP contribution < -0.4 is 10.9 Å². The molecule has 1 amide bonds. The standard InChI is InChI=1S/C20H15FN2O4/c21-17-7-2-1-6-16(17)13-4-3-5-14(10-13)20(27)22-15-8-9-18(24)23(11-15)12-19(25)26/h1-11H,12H2,(H,22,27)(H,25,26). The number of amides is 1. The quantitative estimate of drug-likeness (QED) is 0.727. The summed E-state index contributed by atoms with van der Waals surface area (Å²) in [6.07, 6.45) is 1.26. The lowest BCUT2D eigenvalue weighted by Crippen LogP contribution is -2.24. The van der Waals surface area contributed by atoms with Crippen LogP contribution in [-0.4, -0.2) is 21.6 Å². The molecule has 136 valence electrons. The SMILES string of the molecule is O=C(O)Cn1cc(NC(=O)c2cccc(-c3ccccc3F)c2)ccc1=O. The van der Waals surface area contributed by atoms with Crippen molar-refractivity contribution < 1.29 is 19.1 Å². The number of carbonyl (C=O) groups excluding carboxylic acids is 1. The number of halogens is 1. The molecule has 0 aliphatic carbocycles. The van der Waals surface area contributed by atoms with Crippen molar-refractivity contribution in [3.8, 4) is 11.1 Å². The van der Waals surface area contributed by atoms with Gasteiger partial charge in [-0.3, -0.25) is 14.4 Å². The lowest BCUT2D eigenvalue weighted by molar-refractivity contribution is -0.137. The highest BCUT2D eigenvalue weighted by Crippen LogP contribution is 2.23. The van der Waals surface area contributed by atoms with Crippen molar-refractivity contribution in [1.29, 1.82) is 0 Å². The minimum atomic E-state index is -1.17. The molecule has 2 aromatic carbocycles. The first-order chi connectivity index (χ1) is 12.9. The van der Waals surface area contributed by atoms with Crippen molar-refractivity contribution in [3.63, 3.8) is 0 Å². The van der Waals surface area contributed by atoms with Gasteiger partial charge in [-0.2, -0.15) is 0 Å². The van der Waals surface area contributed by atoms with Crippen LogP contribution in [-0.2, 0) is 11.3 Å². The maximum absolute atomic E-state index is 14.0. The molecule has 0 aliphatic heterocycles. The molecular weight excluding hydrogens is 351 g/mol. The summed E-state index contributed by atoms with van der Waals surface area (Å²) < 4.78 is 14.9. The number of nitrogens with zero attached hydrogens (tertiary/aromatic N) is 1. The van der Waals surface area contributed by atoms with Gasteiger partial charge >= 0.3 is 5.97 Å². The molecule has 27 heavy (non-hydrogen) atoms. The highest BCUT2D eigenvalue weighted by atomic mass is 19.1. The third kappa shape index (κ3) is 4.27. The zero-order valence-corrected chi connectivity index (χ0v) is 14.1. The first-order valence-corrected chi connectivity index (χ1v) is 8.02. The van der Waals surface area contributed by atoms with E-state index in [2.05, 4.69) is 5.32 Å². The number of rotatable bonds is 5. The number of anilines is 1. The van der Waals surface area contributed by atoms with Crippen LogP contribution in [0.4, 0.5) is 10.1 Å². The number of carboxylic acid groups (broad SMARTS) is 1. The van der Waals surface area contributed by atoms with Crippen LogP contribution in [0.5, 0.6) is 0 Å². The Labute approximate surface area is 153 Å². The third-order valence-corrected chi connectivity index (χ3v) is 3.86. The van der Waals surface area contributed by atoms with E-state index in [1.54, 1.807) is 42.5 Å². The molecule has 3 aromatic rings. The molecule has 0 aliphatic rings. The van der Waals surface area contributed by atoms with E-state index in [1.807, 2.05) is 0 Å². The Kier molecular flexibility index (Phi) is 5.12. The molecule has 0 spiro atoms. The van der Waals surface area contributed by atoms with E-state index in [0.29, 0.717) is 16.7 Å². The summed E-state index contributed by atoms with van der Waals surface area (Å²) in [7, 11) is 0. The molecule has 0 atom stereocenters. The summed E-state index contributed by atoms with van der Waals surface area (Å²) in [5.41, 5.74) is 1.01. The molecule has 2 N–H and O–H groups in total. The van der Waals surface area contributed by atoms with E-state index in [0.717, 1.165) is 4.57 Å². The number of aliphatic carboxylic acids is 1. The van der Waals surface area contributed by atoms with Crippen molar-refractivity contribution in [2.45, 2.75) is 6.54 Å². The Balaban J connectivity index is 1.85. The topological polar surface area (TPSA) is 88.4 Å². The maximum Gasteiger partial charge on any atom is 0.323 e. The van der Waals surface area contributed by atoms with E-state index < -0.39 is 29.8 Å². The van der Waals surface area contributed by atoms with Crippen molar-refractivity contribution in [2.75, 3.05) is 5.32 Å². The summed E-state index contributed by atoms with van der Waals surface area (Å²) >= 11 is 0. The average molecular weight is 366 g/mol. The Bertz CT molecular complexity index is 1080. The van der Waals surface area contributed by atoms with Gasteiger partial charge in [0.1, 0.15) is 12.4 Å². The van der Waals surface area contributed by atoms with Crippen molar-refractivity contribution in [3.05, 3.63) is 88.6 Å². The highest BCUT2D eigenvalue weighted by Gasteiger charge is 2.11. The maximum atomic E-state index is 14.0. The minimum absolute atomic E-state index is 0.275. The second-order valence-corrected chi connectivity index (χ2v) is 5.79. The monoisotopic (exact) mass is 366 g/mol. The van der Waals surface area contributed by atoms with Gasteiger partial charge < -0.3 is 15.0 Å². The number of aromatic nitrogens is 1. The molecule has 7 heteroatoms. The molecule has 0 radical (unpaired) electrons. The van der Waals surface area contributed by atoms with Gasteiger partial charge in [0.15, 0.2) is 0 Å². The zero-order valence-electron chi connectivity index (χ0n) is 14.1. The van der Waals surface area contributed by atoms with Crippen LogP contribution in [0.15, 0.2) is 71.7 Å². The second kappa shape index (κ2) is 7.65. The molecule has 1 heterocycles. The van der Waals surface area contributed by atoms with E-state index in [1.165, 1.54) is 24.4 Å². The molecule has 0 bridgehead atoms.